The summed E-state index contributed by atoms with van der Waals surface area (Å²) >= 11 is 0. The van der Waals surface area contributed by atoms with Gasteiger partial charge >= 0.3 is 5.97 Å². The topological polar surface area (TPSA) is 55.4 Å². The summed E-state index contributed by atoms with van der Waals surface area (Å²) in [5.41, 5.74) is 5.47. The van der Waals surface area contributed by atoms with Gasteiger partial charge in [0.25, 0.3) is 0 Å². The van der Waals surface area contributed by atoms with Gasteiger partial charge in [0.2, 0.25) is 5.91 Å². The molecule has 0 heterocycles. The average molecular weight is 343 g/mol. The Morgan fingerprint density at radius 3 is 2.38 bits per heavy atom. The van der Waals surface area contributed by atoms with Gasteiger partial charge in [-0.05, 0) is 52.9 Å². The van der Waals surface area contributed by atoms with Crippen molar-refractivity contribution < 1.29 is 14.3 Å². The molecule has 4 nitrogen and oxygen atoms in total. The van der Waals surface area contributed by atoms with E-state index in [1.807, 2.05) is 30.3 Å². The first kappa shape index (κ1) is 16.1. The molecule has 0 radical (unpaired) electrons. The van der Waals surface area contributed by atoms with Crippen molar-refractivity contribution in [3.63, 3.8) is 0 Å². The molecule has 0 saturated carbocycles. The summed E-state index contributed by atoms with van der Waals surface area (Å²) < 4.78 is 5.62. The van der Waals surface area contributed by atoms with E-state index in [-0.39, 0.29) is 5.91 Å². The maximum atomic E-state index is 12.5. The standard InChI is InChI=1S/C22H17NO3/c1-14(24)23-20-12-17-11-16-9-5-6-10-18(16)19(17)13-21(20)26-22(25)15-7-3-2-4-8-15/h2-10,12-13H,11H2,1H3,(H,23,24). The van der Waals surface area contributed by atoms with Crippen molar-refractivity contribution in [3.8, 4) is 16.9 Å². The second-order valence-electron chi connectivity index (χ2n) is 6.28. The van der Waals surface area contributed by atoms with Gasteiger partial charge in [-0.3, -0.25) is 4.79 Å². The fraction of sp³-hybridized carbons (Fsp3) is 0.0909. The van der Waals surface area contributed by atoms with E-state index in [1.165, 1.54) is 12.5 Å². The normalized spacial score (nSPS) is 11.4. The zero-order chi connectivity index (χ0) is 18.1. The fourth-order valence-electron chi connectivity index (χ4n) is 3.27. The third-order valence-corrected chi connectivity index (χ3v) is 4.42. The van der Waals surface area contributed by atoms with Crippen molar-refractivity contribution in [2.24, 2.45) is 0 Å². The molecular weight excluding hydrogens is 326 g/mol. The Kier molecular flexibility index (Phi) is 4.01. The third-order valence-electron chi connectivity index (χ3n) is 4.42. The Hall–Kier alpha value is -3.40. The van der Waals surface area contributed by atoms with Crippen molar-refractivity contribution in [2.45, 2.75) is 13.3 Å². The summed E-state index contributed by atoms with van der Waals surface area (Å²) in [7, 11) is 0. The third kappa shape index (κ3) is 2.97. The number of anilines is 1. The van der Waals surface area contributed by atoms with Crippen molar-refractivity contribution in [1.82, 2.24) is 0 Å². The molecule has 0 unspecified atom stereocenters. The maximum absolute atomic E-state index is 12.5. The van der Waals surface area contributed by atoms with Gasteiger partial charge in [-0.2, -0.15) is 0 Å². The minimum atomic E-state index is -0.455. The lowest BCUT2D eigenvalue weighted by molar-refractivity contribution is -0.114. The molecule has 26 heavy (non-hydrogen) atoms. The van der Waals surface area contributed by atoms with Crippen molar-refractivity contribution >= 4 is 17.6 Å². The Morgan fingerprint density at radius 2 is 1.62 bits per heavy atom. The molecule has 3 aromatic rings. The number of rotatable bonds is 3. The number of carbonyl (C=O) groups excluding carboxylic acids is 2. The lowest BCUT2D eigenvalue weighted by Gasteiger charge is -2.13. The van der Waals surface area contributed by atoms with Gasteiger partial charge in [-0.25, -0.2) is 4.79 Å². The van der Waals surface area contributed by atoms with Gasteiger partial charge in [0.1, 0.15) is 0 Å². The first-order valence-corrected chi connectivity index (χ1v) is 8.42. The monoisotopic (exact) mass is 343 g/mol. The Balaban J connectivity index is 1.75. The van der Waals surface area contributed by atoms with Crippen LogP contribution in [0.15, 0.2) is 66.7 Å². The number of nitrogens with one attached hydrogen (secondary N) is 1. The summed E-state index contributed by atoms with van der Waals surface area (Å²) in [6, 6.07) is 20.7. The molecule has 0 aromatic heterocycles. The highest BCUT2D eigenvalue weighted by atomic mass is 16.5. The van der Waals surface area contributed by atoms with Crippen LogP contribution < -0.4 is 10.1 Å². The highest BCUT2D eigenvalue weighted by Crippen LogP contribution is 2.42. The molecule has 0 spiro atoms. The first-order valence-electron chi connectivity index (χ1n) is 8.42. The maximum Gasteiger partial charge on any atom is 0.343 e. The number of benzene rings is 3. The van der Waals surface area contributed by atoms with Crippen LogP contribution in [0.1, 0.15) is 28.4 Å². The summed E-state index contributed by atoms with van der Waals surface area (Å²) in [5.74, 6) is -0.314. The minimum Gasteiger partial charge on any atom is -0.421 e. The highest BCUT2D eigenvalue weighted by molar-refractivity contribution is 5.96. The van der Waals surface area contributed by atoms with E-state index in [9.17, 15) is 9.59 Å². The molecule has 1 N–H and O–H groups in total. The van der Waals surface area contributed by atoms with Crippen molar-refractivity contribution in [3.05, 3.63) is 83.4 Å². The van der Waals surface area contributed by atoms with E-state index in [4.69, 9.17) is 4.74 Å². The molecular formula is C22H17NO3. The quantitative estimate of drug-likeness (QED) is 0.442. The molecule has 0 fully saturated rings. The molecule has 4 rings (SSSR count). The number of amides is 1. The number of fused-ring (bicyclic) bond motifs is 3. The molecule has 1 aliphatic rings. The molecule has 128 valence electrons. The van der Waals surface area contributed by atoms with E-state index in [0.717, 1.165) is 23.1 Å². The summed E-state index contributed by atoms with van der Waals surface area (Å²) in [5, 5.41) is 2.77. The molecule has 3 aromatic carbocycles. The Labute approximate surface area is 151 Å². The predicted octanol–water partition coefficient (Wildman–Crippen LogP) is 4.44. The van der Waals surface area contributed by atoms with Gasteiger partial charge < -0.3 is 10.1 Å². The molecule has 0 saturated heterocycles. The average Bonchev–Trinajstić information content (AvgIpc) is 2.99. The van der Waals surface area contributed by atoms with Gasteiger partial charge in [-0.1, -0.05) is 42.5 Å². The van der Waals surface area contributed by atoms with Crippen molar-refractivity contribution in [1.29, 1.82) is 0 Å². The lowest BCUT2D eigenvalue weighted by Crippen LogP contribution is -2.12. The number of carbonyl (C=O) groups is 2. The Bertz CT molecular complexity index is 1010. The van der Waals surface area contributed by atoms with Crippen LogP contribution in [-0.2, 0) is 11.2 Å². The molecule has 0 aliphatic heterocycles. The highest BCUT2D eigenvalue weighted by Gasteiger charge is 2.22. The number of esters is 1. The van der Waals surface area contributed by atoms with Crippen molar-refractivity contribution in [2.75, 3.05) is 5.32 Å². The number of hydrogen-bond acceptors (Lipinski definition) is 3. The van der Waals surface area contributed by atoms with Crippen LogP contribution in [0, 0.1) is 0 Å². The lowest BCUT2D eigenvalue weighted by atomic mass is 10.0. The van der Waals surface area contributed by atoms with Gasteiger partial charge in [-0.15, -0.1) is 0 Å². The van der Waals surface area contributed by atoms with E-state index in [0.29, 0.717) is 17.0 Å². The van der Waals surface area contributed by atoms with Gasteiger partial charge in [0, 0.05) is 6.92 Å². The molecule has 0 bridgehead atoms. The van der Waals surface area contributed by atoms with Crippen LogP contribution in [0.3, 0.4) is 0 Å². The zero-order valence-electron chi connectivity index (χ0n) is 14.3. The van der Waals surface area contributed by atoms with E-state index in [1.54, 1.807) is 24.3 Å². The van der Waals surface area contributed by atoms with E-state index >= 15 is 0 Å². The SMILES string of the molecule is CC(=O)Nc1cc2c(cc1OC(=O)c1ccccc1)-c1ccccc1C2. The second kappa shape index (κ2) is 6.48. The van der Waals surface area contributed by atoms with Gasteiger partial charge in [0.15, 0.2) is 5.75 Å². The molecule has 4 heteroatoms. The summed E-state index contributed by atoms with van der Waals surface area (Å²) in [6.07, 6.45) is 0.797. The van der Waals surface area contributed by atoms with E-state index < -0.39 is 5.97 Å². The zero-order valence-corrected chi connectivity index (χ0v) is 14.3. The largest absolute Gasteiger partial charge is 0.421 e. The predicted molar refractivity (Wildman–Crippen MR) is 100 cm³/mol. The number of ether oxygens (including phenoxy) is 1. The van der Waals surface area contributed by atoms with Crippen LogP contribution in [0.2, 0.25) is 0 Å². The van der Waals surface area contributed by atoms with Crippen LogP contribution >= 0.6 is 0 Å². The second-order valence-corrected chi connectivity index (χ2v) is 6.28. The molecule has 1 aliphatic carbocycles. The summed E-state index contributed by atoms with van der Waals surface area (Å²) in [6.45, 7) is 1.44. The molecule has 0 atom stereocenters. The minimum absolute atomic E-state index is 0.211. The fourth-order valence-corrected chi connectivity index (χ4v) is 3.27. The van der Waals surface area contributed by atoms with Crippen LogP contribution in [0.25, 0.3) is 11.1 Å². The van der Waals surface area contributed by atoms with Crippen LogP contribution in [0.4, 0.5) is 5.69 Å². The Morgan fingerprint density at radius 1 is 0.885 bits per heavy atom. The molecule has 1 amide bonds. The summed E-state index contributed by atoms with van der Waals surface area (Å²) in [4.78, 5) is 24.1. The number of hydrogen-bond donors (Lipinski definition) is 1. The smallest absolute Gasteiger partial charge is 0.343 e. The van der Waals surface area contributed by atoms with Crippen LogP contribution in [-0.4, -0.2) is 11.9 Å². The van der Waals surface area contributed by atoms with Gasteiger partial charge in [0.05, 0.1) is 11.3 Å². The van der Waals surface area contributed by atoms with Crippen LogP contribution in [0.5, 0.6) is 5.75 Å². The first-order chi connectivity index (χ1) is 12.6. The van der Waals surface area contributed by atoms with E-state index in [2.05, 4.69) is 17.4 Å².